The molecule has 1 aromatic carbocycles. The number of rotatable bonds is 5. The van der Waals surface area contributed by atoms with Gasteiger partial charge in [-0.25, -0.2) is 0 Å². The summed E-state index contributed by atoms with van der Waals surface area (Å²) in [4.78, 5) is 0. The maximum absolute atomic E-state index is 6.07. The van der Waals surface area contributed by atoms with Gasteiger partial charge in [-0.05, 0) is 61.8 Å². The average Bonchev–Trinajstić information content (AvgIpc) is 3.14. The molecule has 0 saturated heterocycles. The first-order valence-electron chi connectivity index (χ1n) is 6.84. The molecule has 0 heterocycles. The minimum atomic E-state index is 0.683. The van der Waals surface area contributed by atoms with Crippen LogP contribution in [0.1, 0.15) is 37.2 Å². The Morgan fingerprint density at radius 3 is 2.72 bits per heavy atom. The minimum Gasteiger partial charge on any atom is -0.495 e. The smallest absolute Gasteiger partial charge is 0.137 e. The number of hydrogen-bond acceptors (Lipinski definition) is 2. The van der Waals surface area contributed by atoms with E-state index in [9.17, 15) is 0 Å². The van der Waals surface area contributed by atoms with Crippen LogP contribution >= 0.6 is 11.6 Å². The van der Waals surface area contributed by atoms with Crippen molar-refractivity contribution >= 4 is 11.6 Å². The Kier molecular flexibility index (Phi) is 3.49. The Morgan fingerprint density at radius 2 is 2.11 bits per heavy atom. The highest BCUT2D eigenvalue weighted by Crippen LogP contribution is 2.44. The average molecular weight is 266 g/mol. The topological polar surface area (TPSA) is 21.3 Å². The van der Waals surface area contributed by atoms with Gasteiger partial charge in [0.25, 0.3) is 0 Å². The van der Waals surface area contributed by atoms with Crippen LogP contribution in [0, 0.1) is 5.92 Å². The van der Waals surface area contributed by atoms with Crippen molar-refractivity contribution < 1.29 is 4.74 Å². The fourth-order valence-corrected chi connectivity index (χ4v) is 2.96. The van der Waals surface area contributed by atoms with Crippen LogP contribution in [0.2, 0.25) is 5.02 Å². The van der Waals surface area contributed by atoms with Crippen LogP contribution in [-0.4, -0.2) is 19.7 Å². The van der Waals surface area contributed by atoms with Crippen molar-refractivity contribution in [3.63, 3.8) is 0 Å². The second kappa shape index (κ2) is 5.10. The first-order valence-corrected chi connectivity index (χ1v) is 7.22. The summed E-state index contributed by atoms with van der Waals surface area (Å²) >= 11 is 6.07. The van der Waals surface area contributed by atoms with E-state index in [4.69, 9.17) is 16.3 Å². The van der Waals surface area contributed by atoms with Gasteiger partial charge in [0.15, 0.2) is 0 Å². The van der Waals surface area contributed by atoms with Crippen molar-refractivity contribution in [3.05, 3.63) is 28.8 Å². The Hall–Kier alpha value is -0.730. The van der Waals surface area contributed by atoms with Crippen molar-refractivity contribution in [3.8, 4) is 5.75 Å². The third-order valence-corrected chi connectivity index (χ3v) is 4.58. The molecule has 2 saturated carbocycles. The van der Waals surface area contributed by atoms with Crippen molar-refractivity contribution in [2.24, 2.45) is 5.92 Å². The molecule has 0 spiro atoms. The third kappa shape index (κ3) is 2.50. The van der Waals surface area contributed by atoms with E-state index in [1.54, 1.807) is 7.11 Å². The second-order valence-corrected chi connectivity index (χ2v) is 5.93. The van der Waals surface area contributed by atoms with Crippen LogP contribution in [0.25, 0.3) is 0 Å². The highest BCUT2D eigenvalue weighted by atomic mass is 35.5. The van der Waals surface area contributed by atoms with E-state index in [-0.39, 0.29) is 0 Å². The van der Waals surface area contributed by atoms with E-state index < -0.39 is 0 Å². The monoisotopic (exact) mass is 265 g/mol. The van der Waals surface area contributed by atoms with Crippen LogP contribution in [0.5, 0.6) is 5.75 Å². The largest absolute Gasteiger partial charge is 0.495 e. The summed E-state index contributed by atoms with van der Waals surface area (Å²) in [7, 11) is 1.68. The van der Waals surface area contributed by atoms with Crippen LogP contribution in [0.15, 0.2) is 18.2 Å². The normalized spacial score (nSPS) is 26.8. The predicted molar refractivity (Wildman–Crippen MR) is 74.5 cm³/mol. The zero-order valence-corrected chi connectivity index (χ0v) is 11.5. The zero-order valence-electron chi connectivity index (χ0n) is 10.8. The number of benzene rings is 1. The molecule has 3 rings (SSSR count). The molecule has 1 aromatic rings. The van der Waals surface area contributed by atoms with E-state index in [0.717, 1.165) is 17.7 Å². The van der Waals surface area contributed by atoms with Crippen LogP contribution in [-0.2, 0) is 0 Å². The Bertz CT molecular complexity index is 431. The van der Waals surface area contributed by atoms with Gasteiger partial charge in [0.05, 0.1) is 12.1 Å². The summed E-state index contributed by atoms with van der Waals surface area (Å²) in [6, 6.07) is 7.03. The van der Waals surface area contributed by atoms with Gasteiger partial charge < -0.3 is 10.1 Å². The summed E-state index contributed by atoms with van der Waals surface area (Å²) in [5.41, 5.74) is 1.38. The lowest BCUT2D eigenvalue weighted by Crippen LogP contribution is -2.34. The van der Waals surface area contributed by atoms with Crippen LogP contribution in [0.4, 0.5) is 0 Å². The zero-order chi connectivity index (χ0) is 12.5. The lowest BCUT2D eigenvalue weighted by atomic mass is 9.70. The molecule has 3 heteroatoms. The molecule has 0 amide bonds. The van der Waals surface area contributed by atoms with E-state index >= 15 is 0 Å². The number of hydrogen-bond donors (Lipinski definition) is 1. The third-order valence-electron chi connectivity index (χ3n) is 4.27. The first-order chi connectivity index (χ1) is 8.78. The number of ether oxygens (including phenoxy) is 1. The van der Waals surface area contributed by atoms with Gasteiger partial charge in [-0.1, -0.05) is 17.7 Å². The predicted octanol–water partition coefficient (Wildman–Crippen LogP) is 3.59. The van der Waals surface area contributed by atoms with Crippen molar-refractivity contribution in [2.45, 2.75) is 37.6 Å². The molecule has 0 radical (unpaired) electrons. The maximum Gasteiger partial charge on any atom is 0.137 e. The molecule has 18 heavy (non-hydrogen) atoms. The lowest BCUT2D eigenvalue weighted by Gasteiger charge is -2.37. The molecular formula is C15H20ClNO. The van der Waals surface area contributed by atoms with E-state index in [1.807, 2.05) is 6.07 Å². The molecular weight excluding hydrogens is 246 g/mol. The van der Waals surface area contributed by atoms with Gasteiger partial charge in [-0.3, -0.25) is 0 Å². The molecule has 0 aromatic heterocycles. The minimum absolute atomic E-state index is 0.683. The van der Waals surface area contributed by atoms with E-state index in [2.05, 4.69) is 17.4 Å². The van der Waals surface area contributed by atoms with Crippen molar-refractivity contribution in [1.29, 1.82) is 0 Å². The fourth-order valence-electron chi connectivity index (χ4n) is 2.76. The molecule has 2 nitrogen and oxygen atoms in total. The van der Waals surface area contributed by atoms with Crippen LogP contribution < -0.4 is 10.1 Å². The molecule has 2 aliphatic carbocycles. The van der Waals surface area contributed by atoms with Gasteiger partial charge in [0.2, 0.25) is 0 Å². The summed E-state index contributed by atoms with van der Waals surface area (Å²) < 4.78 is 5.30. The Morgan fingerprint density at radius 1 is 1.28 bits per heavy atom. The molecule has 1 N–H and O–H groups in total. The standard InChI is InChI=1S/C15H20ClNO/c1-18-15-8-10(3-7-14(15)16)13-6-2-11(13)9-17-12-4-5-12/h3,7-8,11-13,17H,2,4-6,9H2,1H3. The molecule has 0 bridgehead atoms. The Labute approximate surface area is 114 Å². The highest BCUT2D eigenvalue weighted by molar-refractivity contribution is 6.32. The molecule has 98 valence electrons. The number of nitrogens with one attached hydrogen (secondary N) is 1. The summed E-state index contributed by atoms with van der Waals surface area (Å²) in [5.74, 6) is 2.27. The molecule has 2 aliphatic rings. The van der Waals surface area contributed by atoms with E-state index in [0.29, 0.717) is 10.9 Å². The van der Waals surface area contributed by atoms with Crippen molar-refractivity contribution in [1.82, 2.24) is 5.32 Å². The molecule has 2 unspecified atom stereocenters. The highest BCUT2D eigenvalue weighted by Gasteiger charge is 2.33. The summed E-state index contributed by atoms with van der Waals surface area (Å²) in [5, 5.41) is 4.34. The summed E-state index contributed by atoms with van der Waals surface area (Å²) in [6.07, 6.45) is 5.37. The number of methoxy groups -OCH3 is 1. The first kappa shape index (κ1) is 12.3. The fraction of sp³-hybridized carbons (Fsp3) is 0.600. The van der Waals surface area contributed by atoms with Crippen molar-refractivity contribution in [2.75, 3.05) is 13.7 Å². The maximum atomic E-state index is 6.07. The molecule has 0 aliphatic heterocycles. The van der Waals surface area contributed by atoms with Gasteiger partial charge in [0.1, 0.15) is 5.75 Å². The Balaban J connectivity index is 1.65. The van der Waals surface area contributed by atoms with E-state index in [1.165, 1.54) is 37.8 Å². The lowest BCUT2D eigenvalue weighted by molar-refractivity contribution is 0.244. The molecule has 2 fully saturated rings. The van der Waals surface area contributed by atoms with Gasteiger partial charge in [-0.2, -0.15) is 0 Å². The van der Waals surface area contributed by atoms with Gasteiger partial charge in [0, 0.05) is 6.04 Å². The second-order valence-electron chi connectivity index (χ2n) is 5.52. The SMILES string of the molecule is COc1cc(C2CCC2CNC2CC2)ccc1Cl. The quantitative estimate of drug-likeness (QED) is 0.878. The van der Waals surface area contributed by atoms with Crippen LogP contribution in [0.3, 0.4) is 0 Å². The van der Waals surface area contributed by atoms with Gasteiger partial charge >= 0.3 is 0 Å². The number of halogens is 1. The molecule has 2 atom stereocenters. The summed E-state index contributed by atoms with van der Waals surface area (Å²) in [6.45, 7) is 1.17. The van der Waals surface area contributed by atoms with Gasteiger partial charge in [-0.15, -0.1) is 0 Å².